The zero-order valence-electron chi connectivity index (χ0n) is 14.9. The first kappa shape index (κ1) is 19.0. The van der Waals surface area contributed by atoms with Crippen LogP contribution in [0.25, 0.3) is 0 Å². The Kier molecular flexibility index (Phi) is 6.58. The molecule has 2 rings (SSSR count). The number of carbonyl (C=O) groups excluding carboxylic acids is 2. The molecule has 0 bridgehead atoms. The highest BCUT2D eigenvalue weighted by Crippen LogP contribution is 2.19. The number of thioether (sulfide) groups is 1. The minimum atomic E-state index is -0.227. The van der Waals surface area contributed by atoms with Crippen molar-refractivity contribution in [3.8, 4) is 0 Å². The molecule has 0 aliphatic rings. The topological polar surface area (TPSA) is 80.1 Å². The summed E-state index contributed by atoms with van der Waals surface area (Å²) in [6, 6.07) is 7.75. The fourth-order valence-electron chi connectivity index (χ4n) is 2.07. The van der Waals surface area contributed by atoms with Crippen LogP contribution in [-0.2, 0) is 9.59 Å². The molecule has 2 amide bonds. The Morgan fingerprint density at radius 1 is 1.28 bits per heavy atom. The van der Waals surface area contributed by atoms with Crippen molar-refractivity contribution in [3.63, 3.8) is 0 Å². The lowest BCUT2D eigenvalue weighted by atomic mass is 10.2. The van der Waals surface area contributed by atoms with E-state index in [1.165, 1.54) is 16.7 Å². The van der Waals surface area contributed by atoms with Gasteiger partial charge >= 0.3 is 0 Å². The molecule has 1 aromatic carbocycles. The molecule has 0 fully saturated rings. The largest absolute Gasteiger partial charge is 0.336 e. The number of nitrogens with zero attached hydrogens (tertiary/aromatic N) is 4. The van der Waals surface area contributed by atoms with Crippen molar-refractivity contribution in [1.29, 1.82) is 0 Å². The standard InChI is InChI=1S/C17H23N5O2S/c1-12(2)22-11-18-20-17(22)25-10-16(24)21(4)9-15(23)19-14-7-5-13(3)6-8-14/h5-8,11-12H,9-10H2,1-4H3,(H,19,23). The summed E-state index contributed by atoms with van der Waals surface area (Å²) < 4.78 is 1.90. The average Bonchev–Trinajstić information content (AvgIpc) is 3.03. The van der Waals surface area contributed by atoms with Gasteiger partial charge in [0.2, 0.25) is 11.8 Å². The second-order valence-corrected chi connectivity index (χ2v) is 7.01. The lowest BCUT2D eigenvalue weighted by Crippen LogP contribution is -2.36. The first-order valence-electron chi connectivity index (χ1n) is 7.99. The molecule has 134 valence electrons. The number of rotatable bonds is 7. The van der Waals surface area contributed by atoms with Crippen LogP contribution in [0.3, 0.4) is 0 Å². The molecule has 25 heavy (non-hydrogen) atoms. The SMILES string of the molecule is Cc1ccc(NC(=O)CN(C)C(=O)CSc2nncn2C(C)C)cc1. The number of anilines is 1. The van der Waals surface area contributed by atoms with Gasteiger partial charge in [0, 0.05) is 18.8 Å². The first-order chi connectivity index (χ1) is 11.9. The highest BCUT2D eigenvalue weighted by molar-refractivity contribution is 7.99. The third-order valence-corrected chi connectivity index (χ3v) is 4.51. The van der Waals surface area contributed by atoms with Crippen LogP contribution in [0.1, 0.15) is 25.5 Å². The van der Waals surface area contributed by atoms with Gasteiger partial charge < -0.3 is 14.8 Å². The van der Waals surface area contributed by atoms with E-state index in [1.807, 2.05) is 49.6 Å². The molecule has 0 saturated carbocycles. The van der Waals surface area contributed by atoms with Crippen molar-refractivity contribution in [2.45, 2.75) is 32.0 Å². The number of aryl methyl sites for hydroxylation is 1. The van der Waals surface area contributed by atoms with E-state index in [0.717, 1.165) is 11.3 Å². The molecule has 0 aliphatic heterocycles. The molecule has 1 N–H and O–H groups in total. The van der Waals surface area contributed by atoms with Crippen molar-refractivity contribution in [3.05, 3.63) is 36.2 Å². The van der Waals surface area contributed by atoms with Crippen LogP contribution in [0.2, 0.25) is 0 Å². The van der Waals surface area contributed by atoms with Crippen LogP contribution in [0.15, 0.2) is 35.7 Å². The highest BCUT2D eigenvalue weighted by atomic mass is 32.2. The Morgan fingerprint density at radius 2 is 1.96 bits per heavy atom. The summed E-state index contributed by atoms with van der Waals surface area (Å²) in [6.45, 7) is 6.04. The minimum Gasteiger partial charge on any atom is -0.336 e. The summed E-state index contributed by atoms with van der Waals surface area (Å²) in [7, 11) is 1.62. The molecule has 2 aromatic rings. The Balaban J connectivity index is 1.82. The molecule has 7 nitrogen and oxygen atoms in total. The fraction of sp³-hybridized carbons (Fsp3) is 0.412. The zero-order valence-corrected chi connectivity index (χ0v) is 15.7. The monoisotopic (exact) mass is 361 g/mol. The van der Waals surface area contributed by atoms with Crippen LogP contribution in [0.5, 0.6) is 0 Å². The number of aromatic nitrogens is 3. The van der Waals surface area contributed by atoms with Crippen molar-refractivity contribution < 1.29 is 9.59 Å². The van der Waals surface area contributed by atoms with Crippen molar-refractivity contribution in [1.82, 2.24) is 19.7 Å². The van der Waals surface area contributed by atoms with Gasteiger partial charge in [0.1, 0.15) is 6.33 Å². The molecule has 0 unspecified atom stereocenters. The van der Waals surface area contributed by atoms with E-state index < -0.39 is 0 Å². The van der Waals surface area contributed by atoms with Crippen LogP contribution in [0.4, 0.5) is 5.69 Å². The minimum absolute atomic E-state index is 0.00411. The molecule has 1 heterocycles. The van der Waals surface area contributed by atoms with E-state index in [1.54, 1.807) is 13.4 Å². The smallest absolute Gasteiger partial charge is 0.243 e. The van der Waals surface area contributed by atoms with Crippen molar-refractivity contribution in [2.75, 3.05) is 24.7 Å². The summed E-state index contributed by atoms with van der Waals surface area (Å²) >= 11 is 1.32. The van der Waals surface area contributed by atoms with Gasteiger partial charge in [-0.15, -0.1) is 10.2 Å². The zero-order chi connectivity index (χ0) is 18.4. The molecule has 8 heteroatoms. The van der Waals surface area contributed by atoms with E-state index >= 15 is 0 Å². The number of likely N-dealkylation sites (N-methyl/N-ethyl adjacent to an activating group) is 1. The van der Waals surface area contributed by atoms with Crippen molar-refractivity contribution >= 4 is 29.3 Å². The predicted molar refractivity (Wildman–Crippen MR) is 98.6 cm³/mol. The van der Waals surface area contributed by atoms with Crippen LogP contribution < -0.4 is 5.32 Å². The van der Waals surface area contributed by atoms with E-state index in [-0.39, 0.29) is 30.2 Å². The lowest BCUT2D eigenvalue weighted by Gasteiger charge is -2.17. The van der Waals surface area contributed by atoms with Gasteiger partial charge in [-0.2, -0.15) is 0 Å². The quantitative estimate of drug-likeness (QED) is 0.766. The average molecular weight is 361 g/mol. The number of hydrogen-bond donors (Lipinski definition) is 1. The summed E-state index contributed by atoms with van der Waals surface area (Å²) in [5.41, 5.74) is 1.84. The van der Waals surface area contributed by atoms with Gasteiger partial charge in [-0.1, -0.05) is 29.5 Å². The number of amides is 2. The summed E-state index contributed by atoms with van der Waals surface area (Å²) in [6.07, 6.45) is 1.65. The third kappa shape index (κ3) is 5.60. The van der Waals surface area contributed by atoms with Crippen LogP contribution in [-0.4, -0.2) is 50.8 Å². The highest BCUT2D eigenvalue weighted by Gasteiger charge is 2.16. The molecular weight excluding hydrogens is 338 g/mol. The van der Waals surface area contributed by atoms with Gasteiger partial charge in [0.15, 0.2) is 5.16 Å². The number of benzene rings is 1. The fourth-order valence-corrected chi connectivity index (χ4v) is 3.05. The van der Waals surface area contributed by atoms with Gasteiger partial charge in [-0.05, 0) is 32.9 Å². The summed E-state index contributed by atoms with van der Waals surface area (Å²) in [5, 5.41) is 11.4. The van der Waals surface area contributed by atoms with Crippen molar-refractivity contribution in [2.24, 2.45) is 0 Å². The molecule has 0 spiro atoms. The predicted octanol–water partition coefficient (Wildman–Crippen LogP) is 2.36. The van der Waals surface area contributed by atoms with Crippen LogP contribution >= 0.6 is 11.8 Å². The van der Waals surface area contributed by atoms with E-state index in [0.29, 0.717) is 5.16 Å². The van der Waals surface area contributed by atoms with E-state index in [2.05, 4.69) is 15.5 Å². The van der Waals surface area contributed by atoms with Gasteiger partial charge in [0.25, 0.3) is 0 Å². The molecule has 0 saturated heterocycles. The lowest BCUT2D eigenvalue weighted by molar-refractivity contribution is -0.131. The first-order valence-corrected chi connectivity index (χ1v) is 8.98. The van der Waals surface area contributed by atoms with E-state index in [4.69, 9.17) is 0 Å². The second-order valence-electron chi connectivity index (χ2n) is 6.07. The Bertz CT molecular complexity index is 727. The number of carbonyl (C=O) groups is 2. The molecule has 0 radical (unpaired) electrons. The number of hydrogen-bond acceptors (Lipinski definition) is 5. The molecule has 0 atom stereocenters. The summed E-state index contributed by atoms with van der Waals surface area (Å²) in [5.74, 6) is -0.155. The Hall–Kier alpha value is -2.35. The maximum Gasteiger partial charge on any atom is 0.243 e. The third-order valence-electron chi connectivity index (χ3n) is 3.56. The van der Waals surface area contributed by atoms with Crippen LogP contribution in [0, 0.1) is 6.92 Å². The number of nitrogens with one attached hydrogen (secondary N) is 1. The molecular formula is C17H23N5O2S. The molecule has 0 aliphatic carbocycles. The van der Waals surface area contributed by atoms with Gasteiger partial charge in [-0.3, -0.25) is 9.59 Å². The Labute approximate surface area is 151 Å². The van der Waals surface area contributed by atoms with Gasteiger partial charge in [-0.25, -0.2) is 0 Å². The van der Waals surface area contributed by atoms with Gasteiger partial charge in [0.05, 0.1) is 12.3 Å². The Morgan fingerprint density at radius 3 is 2.60 bits per heavy atom. The summed E-state index contributed by atoms with van der Waals surface area (Å²) in [4.78, 5) is 25.7. The normalized spacial score (nSPS) is 10.8. The maximum absolute atomic E-state index is 12.2. The second kappa shape index (κ2) is 8.66. The molecule has 1 aromatic heterocycles. The van der Waals surface area contributed by atoms with E-state index in [9.17, 15) is 9.59 Å². The maximum atomic E-state index is 12.2.